The Balaban J connectivity index is 2.61. The van der Waals surface area contributed by atoms with Crippen LogP contribution in [0, 0.1) is 0 Å². The Morgan fingerprint density at radius 2 is 1.95 bits per heavy atom. The lowest BCUT2D eigenvalue weighted by atomic mass is 10.3. The summed E-state index contributed by atoms with van der Waals surface area (Å²) >= 11 is 0. The number of anilines is 1. The van der Waals surface area contributed by atoms with Crippen molar-refractivity contribution in [2.24, 2.45) is 0 Å². The standard InChI is InChI=1S/C13H17NO5/c1-9(2)18-7-12(15)14-10-5-3-4-6-11(10)19-8-13(16)17/h3-6,9H,7-8H2,1-2H3,(H,14,15)(H,16,17). The SMILES string of the molecule is CC(C)OCC(=O)Nc1ccccc1OCC(=O)O. The van der Waals surface area contributed by atoms with Gasteiger partial charge in [-0.2, -0.15) is 0 Å². The molecule has 0 saturated heterocycles. The predicted molar refractivity (Wildman–Crippen MR) is 69.3 cm³/mol. The van der Waals surface area contributed by atoms with Gasteiger partial charge in [0.2, 0.25) is 5.91 Å². The van der Waals surface area contributed by atoms with Gasteiger partial charge in [0.05, 0.1) is 11.8 Å². The minimum Gasteiger partial charge on any atom is -0.480 e. The van der Waals surface area contributed by atoms with Crippen LogP contribution >= 0.6 is 0 Å². The molecule has 0 atom stereocenters. The van der Waals surface area contributed by atoms with Crippen LogP contribution in [0.3, 0.4) is 0 Å². The van der Waals surface area contributed by atoms with E-state index in [1.54, 1.807) is 24.3 Å². The molecule has 0 spiro atoms. The van der Waals surface area contributed by atoms with Crippen LogP contribution < -0.4 is 10.1 Å². The summed E-state index contributed by atoms with van der Waals surface area (Å²) in [6, 6.07) is 6.62. The third-order valence-electron chi connectivity index (χ3n) is 2.06. The van der Waals surface area contributed by atoms with Crippen molar-refractivity contribution in [3.63, 3.8) is 0 Å². The van der Waals surface area contributed by atoms with Gasteiger partial charge in [-0.05, 0) is 26.0 Å². The van der Waals surface area contributed by atoms with Crippen LogP contribution in [-0.4, -0.2) is 36.3 Å². The number of rotatable bonds is 7. The average Bonchev–Trinajstić information content (AvgIpc) is 2.35. The van der Waals surface area contributed by atoms with Gasteiger partial charge in [-0.1, -0.05) is 12.1 Å². The first-order valence-electron chi connectivity index (χ1n) is 5.84. The Morgan fingerprint density at radius 1 is 1.26 bits per heavy atom. The molecule has 1 amide bonds. The maximum Gasteiger partial charge on any atom is 0.341 e. The number of nitrogens with one attached hydrogen (secondary N) is 1. The third kappa shape index (κ3) is 5.87. The molecular formula is C13H17NO5. The number of hydrogen-bond acceptors (Lipinski definition) is 4. The summed E-state index contributed by atoms with van der Waals surface area (Å²) in [5.74, 6) is -1.09. The Morgan fingerprint density at radius 3 is 2.58 bits per heavy atom. The Kier molecular flexibility index (Phi) is 5.81. The van der Waals surface area contributed by atoms with Crippen LogP contribution in [0.4, 0.5) is 5.69 Å². The maximum absolute atomic E-state index is 11.6. The monoisotopic (exact) mass is 267 g/mol. The first-order valence-corrected chi connectivity index (χ1v) is 5.84. The van der Waals surface area contributed by atoms with Gasteiger partial charge >= 0.3 is 5.97 Å². The van der Waals surface area contributed by atoms with Crippen molar-refractivity contribution < 1.29 is 24.2 Å². The van der Waals surface area contributed by atoms with Gasteiger partial charge in [-0.25, -0.2) is 4.79 Å². The number of carboxylic acids is 1. The van der Waals surface area contributed by atoms with E-state index in [4.69, 9.17) is 14.6 Å². The van der Waals surface area contributed by atoms with Gasteiger partial charge in [0.15, 0.2) is 6.61 Å². The molecule has 19 heavy (non-hydrogen) atoms. The molecule has 0 aliphatic heterocycles. The zero-order valence-corrected chi connectivity index (χ0v) is 10.9. The van der Waals surface area contributed by atoms with Crippen molar-refractivity contribution in [1.82, 2.24) is 0 Å². The highest BCUT2D eigenvalue weighted by molar-refractivity contribution is 5.93. The van der Waals surface area contributed by atoms with Crippen LogP contribution in [-0.2, 0) is 14.3 Å². The van der Waals surface area contributed by atoms with Gasteiger partial charge in [0.1, 0.15) is 12.4 Å². The number of carboxylic acid groups (broad SMARTS) is 1. The number of hydrogen-bond donors (Lipinski definition) is 2. The molecule has 0 fully saturated rings. The van der Waals surface area contributed by atoms with Gasteiger partial charge < -0.3 is 19.9 Å². The van der Waals surface area contributed by atoms with E-state index in [0.717, 1.165) is 0 Å². The molecule has 104 valence electrons. The lowest BCUT2D eigenvalue weighted by Crippen LogP contribution is -2.21. The third-order valence-corrected chi connectivity index (χ3v) is 2.06. The highest BCUT2D eigenvalue weighted by Crippen LogP contribution is 2.23. The Hall–Kier alpha value is -2.08. The minimum absolute atomic E-state index is 0.0377. The number of amides is 1. The van der Waals surface area contributed by atoms with Gasteiger partial charge in [0.25, 0.3) is 0 Å². The van der Waals surface area contributed by atoms with Crippen LogP contribution in [0.25, 0.3) is 0 Å². The van der Waals surface area contributed by atoms with Gasteiger partial charge in [0, 0.05) is 0 Å². The van der Waals surface area contributed by atoms with E-state index < -0.39 is 12.6 Å². The topological polar surface area (TPSA) is 84.9 Å². The van der Waals surface area contributed by atoms with E-state index in [-0.39, 0.29) is 18.6 Å². The molecule has 6 nitrogen and oxygen atoms in total. The number of ether oxygens (including phenoxy) is 2. The fraction of sp³-hybridized carbons (Fsp3) is 0.385. The van der Waals surface area contributed by atoms with E-state index in [0.29, 0.717) is 11.4 Å². The van der Waals surface area contributed by atoms with Crippen molar-refractivity contribution >= 4 is 17.6 Å². The van der Waals surface area contributed by atoms with E-state index >= 15 is 0 Å². The Bertz CT molecular complexity index is 444. The summed E-state index contributed by atoms with van der Waals surface area (Å²) < 4.78 is 10.2. The maximum atomic E-state index is 11.6. The summed E-state index contributed by atoms with van der Waals surface area (Å²) in [6.45, 7) is 3.13. The minimum atomic E-state index is -1.08. The zero-order chi connectivity index (χ0) is 14.3. The first kappa shape index (κ1) is 15.0. The van der Waals surface area contributed by atoms with Crippen molar-refractivity contribution in [2.45, 2.75) is 20.0 Å². The molecule has 1 rings (SSSR count). The first-order chi connectivity index (χ1) is 8.99. The molecule has 2 N–H and O–H groups in total. The van der Waals surface area contributed by atoms with Gasteiger partial charge in [-0.3, -0.25) is 4.79 Å². The molecule has 0 aliphatic rings. The molecule has 6 heteroatoms. The molecule has 0 heterocycles. The molecule has 0 unspecified atom stereocenters. The molecular weight excluding hydrogens is 250 g/mol. The normalized spacial score (nSPS) is 10.3. The van der Waals surface area contributed by atoms with Crippen molar-refractivity contribution in [3.05, 3.63) is 24.3 Å². The van der Waals surface area contributed by atoms with Crippen molar-refractivity contribution in [3.8, 4) is 5.75 Å². The highest BCUT2D eigenvalue weighted by atomic mass is 16.5. The number of para-hydroxylation sites is 2. The second-order valence-corrected chi connectivity index (χ2v) is 4.09. The molecule has 0 bridgehead atoms. The summed E-state index contributed by atoms with van der Waals surface area (Å²) in [4.78, 5) is 22.1. The van der Waals surface area contributed by atoms with Crippen molar-refractivity contribution in [2.75, 3.05) is 18.5 Å². The predicted octanol–water partition coefficient (Wildman–Crippen LogP) is 1.51. The molecule has 1 aromatic rings. The van der Waals surface area contributed by atoms with Gasteiger partial charge in [-0.15, -0.1) is 0 Å². The fourth-order valence-electron chi connectivity index (χ4n) is 1.26. The van der Waals surface area contributed by atoms with E-state index in [9.17, 15) is 9.59 Å². The number of benzene rings is 1. The second kappa shape index (κ2) is 7.38. The molecule has 0 radical (unpaired) electrons. The summed E-state index contributed by atoms with van der Waals surface area (Å²) in [6.07, 6.45) is -0.0377. The fourth-order valence-corrected chi connectivity index (χ4v) is 1.26. The Labute approximate surface area is 111 Å². The molecule has 0 aliphatic carbocycles. The van der Waals surface area contributed by atoms with Crippen LogP contribution in [0.15, 0.2) is 24.3 Å². The number of aliphatic carboxylic acids is 1. The van der Waals surface area contributed by atoms with E-state index in [1.807, 2.05) is 13.8 Å². The van der Waals surface area contributed by atoms with Crippen LogP contribution in [0.2, 0.25) is 0 Å². The van der Waals surface area contributed by atoms with Crippen molar-refractivity contribution in [1.29, 1.82) is 0 Å². The number of carbonyl (C=O) groups excluding carboxylic acids is 1. The van der Waals surface area contributed by atoms with E-state index in [1.165, 1.54) is 0 Å². The summed E-state index contributed by atoms with van der Waals surface area (Å²) in [7, 11) is 0. The van der Waals surface area contributed by atoms with Crippen LogP contribution in [0.1, 0.15) is 13.8 Å². The lowest BCUT2D eigenvalue weighted by molar-refractivity contribution is -0.139. The summed E-state index contributed by atoms with van der Waals surface area (Å²) in [5, 5.41) is 11.2. The lowest BCUT2D eigenvalue weighted by Gasteiger charge is -2.12. The second-order valence-electron chi connectivity index (χ2n) is 4.09. The highest BCUT2D eigenvalue weighted by Gasteiger charge is 2.09. The zero-order valence-electron chi connectivity index (χ0n) is 10.9. The van der Waals surface area contributed by atoms with Crippen LogP contribution in [0.5, 0.6) is 5.75 Å². The summed E-state index contributed by atoms with van der Waals surface area (Å²) in [5.41, 5.74) is 0.418. The molecule has 1 aromatic carbocycles. The number of carbonyl (C=O) groups is 2. The molecule has 0 saturated carbocycles. The van der Waals surface area contributed by atoms with E-state index in [2.05, 4.69) is 5.32 Å². The molecule has 0 aromatic heterocycles. The average molecular weight is 267 g/mol. The smallest absolute Gasteiger partial charge is 0.341 e. The largest absolute Gasteiger partial charge is 0.480 e. The quantitative estimate of drug-likeness (QED) is 0.782.